The molecule has 1 N–H and O–H groups in total. The molecule has 1 saturated heterocycles. The average Bonchev–Trinajstić information content (AvgIpc) is 2.76. The number of ether oxygens (including phenoxy) is 1. The van der Waals surface area contributed by atoms with E-state index < -0.39 is 0 Å². The summed E-state index contributed by atoms with van der Waals surface area (Å²) in [6.07, 6.45) is 2.51. The molecule has 2 heterocycles. The smallest absolute Gasteiger partial charge is 0.211 e. The third-order valence-electron chi connectivity index (χ3n) is 2.63. The van der Waals surface area contributed by atoms with Crippen LogP contribution in [0.4, 0.5) is 0 Å². The molecule has 78 valence electrons. The van der Waals surface area contributed by atoms with E-state index in [1.54, 1.807) is 7.11 Å². The topological polar surface area (TPSA) is 39.1 Å². The van der Waals surface area contributed by atoms with Gasteiger partial charge in [-0.1, -0.05) is 0 Å². The quantitative estimate of drug-likeness (QED) is 0.780. The molecular formula is C10H17N3O. The number of methoxy groups -OCH3 is 1. The number of rotatable bonds is 3. The lowest BCUT2D eigenvalue weighted by Gasteiger charge is -2.11. The van der Waals surface area contributed by atoms with Crippen LogP contribution in [0.5, 0.6) is 5.88 Å². The molecule has 0 aromatic carbocycles. The second-order valence-corrected chi connectivity index (χ2v) is 3.80. The van der Waals surface area contributed by atoms with Crippen LogP contribution in [0, 0.1) is 6.92 Å². The summed E-state index contributed by atoms with van der Waals surface area (Å²) in [5.74, 6) is 0.858. The minimum absolute atomic E-state index is 0.559. The van der Waals surface area contributed by atoms with Gasteiger partial charge in [0.25, 0.3) is 0 Å². The van der Waals surface area contributed by atoms with E-state index in [-0.39, 0.29) is 0 Å². The molecule has 1 atom stereocenters. The van der Waals surface area contributed by atoms with Gasteiger partial charge in [0.1, 0.15) is 0 Å². The second-order valence-electron chi connectivity index (χ2n) is 3.80. The van der Waals surface area contributed by atoms with Crippen LogP contribution in [-0.4, -0.2) is 29.5 Å². The maximum Gasteiger partial charge on any atom is 0.211 e. The van der Waals surface area contributed by atoms with E-state index >= 15 is 0 Å². The van der Waals surface area contributed by atoms with Crippen molar-refractivity contribution in [1.29, 1.82) is 0 Å². The molecule has 4 heteroatoms. The summed E-state index contributed by atoms with van der Waals surface area (Å²) in [5, 5.41) is 7.85. The van der Waals surface area contributed by atoms with Gasteiger partial charge in [-0.2, -0.15) is 5.10 Å². The van der Waals surface area contributed by atoms with Gasteiger partial charge in [-0.25, -0.2) is 4.68 Å². The Morgan fingerprint density at radius 1 is 1.71 bits per heavy atom. The Balaban J connectivity index is 2.06. The zero-order valence-electron chi connectivity index (χ0n) is 8.79. The number of nitrogens with one attached hydrogen (secondary N) is 1. The molecule has 1 fully saturated rings. The maximum atomic E-state index is 5.25. The molecule has 4 nitrogen and oxygen atoms in total. The lowest BCUT2D eigenvalue weighted by atomic mass is 10.2. The summed E-state index contributed by atoms with van der Waals surface area (Å²) in [7, 11) is 1.69. The number of aryl methyl sites for hydroxylation is 1. The first-order valence-electron chi connectivity index (χ1n) is 5.11. The van der Waals surface area contributed by atoms with Crippen molar-refractivity contribution in [2.45, 2.75) is 32.4 Å². The van der Waals surface area contributed by atoms with Crippen LogP contribution in [0.25, 0.3) is 0 Å². The average molecular weight is 195 g/mol. The summed E-state index contributed by atoms with van der Waals surface area (Å²) in [6.45, 7) is 4.03. The molecule has 1 aromatic rings. The molecule has 14 heavy (non-hydrogen) atoms. The molecule has 1 aromatic heterocycles. The normalized spacial score (nSPS) is 21.4. The monoisotopic (exact) mass is 195 g/mol. The van der Waals surface area contributed by atoms with Gasteiger partial charge in [0, 0.05) is 12.1 Å². The Kier molecular flexibility index (Phi) is 2.72. The molecule has 0 radical (unpaired) electrons. The first kappa shape index (κ1) is 9.52. The summed E-state index contributed by atoms with van der Waals surface area (Å²) in [6, 6.07) is 2.53. The van der Waals surface area contributed by atoms with Gasteiger partial charge in [0.2, 0.25) is 5.88 Å². The van der Waals surface area contributed by atoms with Gasteiger partial charge in [0.15, 0.2) is 0 Å². The van der Waals surface area contributed by atoms with Gasteiger partial charge in [-0.3, -0.25) is 0 Å². The molecule has 0 bridgehead atoms. The van der Waals surface area contributed by atoms with Crippen molar-refractivity contribution in [3.63, 3.8) is 0 Å². The SMILES string of the molecule is COc1cc(C)nn1CC1CCCN1. The van der Waals surface area contributed by atoms with Crippen molar-refractivity contribution < 1.29 is 4.74 Å². The van der Waals surface area contributed by atoms with Crippen LogP contribution < -0.4 is 10.1 Å². The maximum absolute atomic E-state index is 5.25. The van der Waals surface area contributed by atoms with E-state index in [4.69, 9.17) is 4.74 Å². The fourth-order valence-corrected chi connectivity index (χ4v) is 1.94. The Morgan fingerprint density at radius 2 is 2.57 bits per heavy atom. The van der Waals surface area contributed by atoms with E-state index in [1.165, 1.54) is 12.8 Å². The molecule has 2 rings (SSSR count). The van der Waals surface area contributed by atoms with Crippen LogP contribution in [0.2, 0.25) is 0 Å². The fourth-order valence-electron chi connectivity index (χ4n) is 1.94. The van der Waals surface area contributed by atoms with Crippen molar-refractivity contribution in [2.75, 3.05) is 13.7 Å². The van der Waals surface area contributed by atoms with Gasteiger partial charge >= 0.3 is 0 Å². The van der Waals surface area contributed by atoms with Gasteiger partial charge < -0.3 is 10.1 Å². The van der Waals surface area contributed by atoms with Crippen LogP contribution in [-0.2, 0) is 6.54 Å². The van der Waals surface area contributed by atoms with Crippen molar-refractivity contribution in [3.05, 3.63) is 11.8 Å². The third kappa shape index (κ3) is 1.90. The van der Waals surface area contributed by atoms with E-state index in [1.807, 2.05) is 17.7 Å². The summed E-state index contributed by atoms with van der Waals surface area (Å²) in [5.41, 5.74) is 1.01. The Morgan fingerprint density at radius 3 is 3.21 bits per heavy atom. The van der Waals surface area contributed by atoms with Crippen molar-refractivity contribution in [1.82, 2.24) is 15.1 Å². The molecule has 1 aliphatic heterocycles. The lowest BCUT2D eigenvalue weighted by molar-refractivity contribution is 0.344. The van der Waals surface area contributed by atoms with Crippen LogP contribution >= 0.6 is 0 Å². The van der Waals surface area contributed by atoms with Crippen LogP contribution in [0.1, 0.15) is 18.5 Å². The number of nitrogens with zero attached hydrogens (tertiary/aromatic N) is 2. The molecule has 0 spiro atoms. The number of hydrogen-bond donors (Lipinski definition) is 1. The molecule has 0 aliphatic carbocycles. The highest BCUT2D eigenvalue weighted by Crippen LogP contribution is 2.15. The van der Waals surface area contributed by atoms with Crippen molar-refractivity contribution in [2.24, 2.45) is 0 Å². The van der Waals surface area contributed by atoms with E-state index in [0.29, 0.717) is 6.04 Å². The van der Waals surface area contributed by atoms with Gasteiger partial charge in [-0.15, -0.1) is 0 Å². The van der Waals surface area contributed by atoms with E-state index in [0.717, 1.165) is 24.7 Å². The summed E-state index contributed by atoms with van der Waals surface area (Å²) in [4.78, 5) is 0. The Bertz CT molecular complexity index is 302. The highest BCUT2D eigenvalue weighted by molar-refractivity contribution is 5.14. The van der Waals surface area contributed by atoms with Gasteiger partial charge in [-0.05, 0) is 26.3 Å². The molecule has 0 amide bonds. The summed E-state index contributed by atoms with van der Waals surface area (Å²) < 4.78 is 7.19. The second kappa shape index (κ2) is 4.00. The first-order chi connectivity index (χ1) is 6.79. The van der Waals surface area contributed by atoms with Crippen LogP contribution in [0.15, 0.2) is 6.07 Å². The van der Waals surface area contributed by atoms with E-state index in [9.17, 15) is 0 Å². The molecule has 1 unspecified atom stereocenters. The minimum atomic E-state index is 0.559. The highest BCUT2D eigenvalue weighted by Gasteiger charge is 2.16. The minimum Gasteiger partial charge on any atom is -0.481 e. The molecule has 1 aliphatic rings. The predicted molar refractivity (Wildman–Crippen MR) is 54.5 cm³/mol. The molecule has 0 saturated carbocycles. The van der Waals surface area contributed by atoms with E-state index in [2.05, 4.69) is 10.4 Å². The highest BCUT2D eigenvalue weighted by atomic mass is 16.5. The fraction of sp³-hybridized carbons (Fsp3) is 0.700. The Labute approximate surface area is 84.3 Å². The van der Waals surface area contributed by atoms with Crippen molar-refractivity contribution in [3.8, 4) is 5.88 Å². The summed E-state index contributed by atoms with van der Waals surface area (Å²) >= 11 is 0. The first-order valence-corrected chi connectivity index (χ1v) is 5.11. The molecular weight excluding hydrogens is 178 g/mol. The standard InChI is InChI=1S/C10H17N3O/c1-8-6-10(14-2)13(12-8)7-9-4-3-5-11-9/h6,9,11H,3-5,7H2,1-2H3. The number of aromatic nitrogens is 2. The Hall–Kier alpha value is -1.03. The van der Waals surface area contributed by atoms with Gasteiger partial charge in [0.05, 0.1) is 19.3 Å². The third-order valence-corrected chi connectivity index (χ3v) is 2.63. The zero-order valence-corrected chi connectivity index (χ0v) is 8.79. The lowest BCUT2D eigenvalue weighted by Crippen LogP contribution is -2.27. The van der Waals surface area contributed by atoms with Crippen molar-refractivity contribution >= 4 is 0 Å². The largest absolute Gasteiger partial charge is 0.481 e. The van der Waals surface area contributed by atoms with Crippen LogP contribution in [0.3, 0.4) is 0 Å². The number of hydrogen-bond acceptors (Lipinski definition) is 3. The zero-order chi connectivity index (χ0) is 9.97. The predicted octanol–water partition coefficient (Wildman–Crippen LogP) is 0.952.